The molecule has 0 aliphatic carbocycles. The van der Waals surface area contributed by atoms with Crippen LogP contribution < -0.4 is 4.90 Å². The summed E-state index contributed by atoms with van der Waals surface area (Å²) in [6.07, 6.45) is 3.57. The average Bonchev–Trinajstić information content (AvgIpc) is 2.90. The third-order valence-electron chi connectivity index (χ3n) is 5.21. The number of nitrogens with zero attached hydrogens (tertiary/aromatic N) is 3. The van der Waals surface area contributed by atoms with Gasteiger partial charge in [-0.2, -0.15) is 0 Å². The van der Waals surface area contributed by atoms with Gasteiger partial charge in [0.25, 0.3) is 5.91 Å². The van der Waals surface area contributed by atoms with E-state index in [1.807, 2.05) is 24.3 Å². The fourth-order valence-electron chi connectivity index (χ4n) is 3.73. The Balaban J connectivity index is 1.68. The number of fused-ring (bicyclic) bond motifs is 1. The molecule has 0 radical (unpaired) electrons. The monoisotopic (exact) mass is 351 g/mol. The van der Waals surface area contributed by atoms with Crippen molar-refractivity contribution in [3.63, 3.8) is 0 Å². The summed E-state index contributed by atoms with van der Waals surface area (Å²) in [7, 11) is 0. The predicted molar refractivity (Wildman–Crippen MR) is 101 cm³/mol. The minimum Gasteiger partial charge on any atom is -0.293 e. The first-order valence-corrected chi connectivity index (χ1v) is 9.13. The van der Waals surface area contributed by atoms with Crippen molar-refractivity contribution < 1.29 is 9.18 Å². The number of anilines is 1. The van der Waals surface area contributed by atoms with Crippen LogP contribution in [0.5, 0.6) is 0 Å². The molecule has 1 amide bonds. The van der Waals surface area contributed by atoms with Gasteiger partial charge < -0.3 is 0 Å². The Bertz CT molecular complexity index is 864. The minimum absolute atomic E-state index is 0.117. The van der Waals surface area contributed by atoms with Gasteiger partial charge in [-0.15, -0.1) is 0 Å². The van der Waals surface area contributed by atoms with Gasteiger partial charge in [-0.1, -0.05) is 30.7 Å². The molecule has 1 fully saturated rings. The van der Waals surface area contributed by atoms with Crippen molar-refractivity contribution in [3.05, 3.63) is 59.9 Å². The van der Waals surface area contributed by atoms with Crippen LogP contribution in [0.15, 0.2) is 53.5 Å². The molecular formula is C21H22FN3O. The summed E-state index contributed by atoms with van der Waals surface area (Å²) < 4.78 is 13.5. The van der Waals surface area contributed by atoms with Crippen molar-refractivity contribution in [2.45, 2.75) is 32.2 Å². The third-order valence-corrected chi connectivity index (χ3v) is 5.21. The summed E-state index contributed by atoms with van der Waals surface area (Å²) in [6.45, 7) is 3.79. The Morgan fingerprint density at radius 3 is 2.81 bits per heavy atom. The van der Waals surface area contributed by atoms with E-state index < -0.39 is 0 Å². The molecule has 2 aliphatic heterocycles. The topological polar surface area (TPSA) is 35.9 Å². The molecule has 1 unspecified atom stereocenters. The molecule has 0 aromatic heterocycles. The Labute approximate surface area is 153 Å². The van der Waals surface area contributed by atoms with Crippen molar-refractivity contribution in [3.8, 4) is 0 Å². The Morgan fingerprint density at radius 2 is 2.00 bits per heavy atom. The largest absolute Gasteiger partial charge is 0.293 e. The van der Waals surface area contributed by atoms with E-state index in [0.29, 0.717) is 24.1 Å². The average molecular weight is 351 g/mol. The number of benzene rings is 2. The maximum Gasteiger partial charge on any atom is 0.278 e. The summed E-state index contributed by atoms with van der Waals surface area (Å²) in [5, 5.41) is 0. The summed E-state index contributed by atoms with van der Waals surface area (Å²) in [5.41, 5.74) is 2.53. The van der Waals surface area contributed by atoms with E-state index in [4.69, 9.17) is 0 Å². The van der Waals surface area contributed by atoms with Crippen LogP contribution in [0.3, 0.4) is 0 Å². The summed E-state index contributed by atoms with van der Waals surface area (Å²) >= 11 is 0. The highest BCUT2D eigenvalue weighted by Crippen LogP contribution is 2.32. The summed E-state index contributed by atoms with van der Waals surface area (Å²) in [5.74, 6) is -0.474. The number of amides is 1. The first-order valence-electron chi connectivity index (χ1n) is 9.13. The lowest BCUT2D eigenvalue weighted by Gasteiger charge is -2.36. The third kappa shape index (κ3) is 3.15. The van der Waals surface area contributed by atoms with Crippen molar-refractivity contribution >= 4 is 23.0 Å². The lowest BCUT2D eigenvalue weighted by Crippen LogP contribution is -2.47. The predicted octanol–water partition coefficient (Wildman–Crippen LogP) is 4.13. The van der Waals surface area contributed by atoms with E-state index in [0.717, 1.165) is 30.6 Å². The first kappa shape index (κ1) is 16.9. The van der Waals surface area contributed by atoms with Gasteiger partial charge in [0, 0.05) is 18.2 Å². The van der Waals surface area contributed by atoms with Crippen LogP contribution in [0.25, 0.3) is 0 Å². The van der Waals surface area contributed by atoms with Crippen LogP contribution in [-0.4, -0.2) is 35.8 Å². The summed E-state index contributed by atoms with van der Waals surface area (Å²) in [6, 6.07) is 14.2. The Hall–Kier alpha value is -2.53. The van der Waals surface area contributed by atoms with Crippen LogP contribution in [0.4, 0.5) is 15.8 Å². The summed E-state index contributed by atoms with van der Waals surface area (Å²) in [4.78, 5) is 21.7. The number of likely N-dealkylation sites (tertiary alicyclic amines) is 1. The van der Waals surface area contributed by atoms with Crippen LogP contribution in [0.1, 0.15) is 31.7 Å². The molecule has 2 aromatic carbocycles. The molecule has 4 rings (SSSR count). The highest BCUT2D eigenvalue weighted by molar-refractivity contribution is 6.54. The number of para-hydroxylation sites is 1. The Kier molecular flexibility index (Phi) is 4.55. The molecule has 1 saturated heterocycles. The number of rotatable bonds is 3. The van der Waals surface area contributed by atoms with E-state index in [1.165, 1.54) is 18.6 Å². The second kappa shape index (κ2) is 7.00. The number of carbonyl (C=O) groups is 1. The molecule has 2 heterocycles. The van der Waals surface area contributed by atoms with Gasteiger partial charge in [0.05, 0.1) is 18.0 Å². The van der Waals surface area contributed by atoms with E-state index in [-0.39, 0.29) is 11.7 Å². The fourth-order valence-corrected chi connectivity index (χ4v) is 3.73. The van der Waals surface area contributed by atoms with Crippen molar-refractivity contribution in [2.24, 2.45) is 4.99 Å². The standard InChI is InChI=1S/C21H22FN3O/c1-15-7-4-5-12-24(15)14-25-19-11-3-2-10-18(19)20(21(25)26)23-17-9-6-8-16(22)13-17/h2-3,6,8-11,13,15H,4-5,7,12,14H2,1H3. The Morgan fingerprint density at radius 1 is 1.15 bits per heavy atom. The minimum atomic E-state index is -0.357. The number of carbonyl (C=O) groups excluding carboxylic acids is 1. The quantitative estimate of drug-likeness (QED) is 0.834. The van der Waals surface area contributed by atoms with Crippen molar-refractivity contribution in [2.75, 3.05) is 18.1 Å². The second-order valence-electron chi connectivity index (χ2n) is 6.99. The zero-order chi connectivity index (χ0) is 18.1. The second-order valence-corrected chi connectivity index (χ2v) is 6.99. The lowest BCUT2D eigenvalue weighted by molar-refractivity contribution is -0.112. The highest BCUT2D eigenvalue weighted by Gasteiger charge is 2.35. The van der Waals surface area contributed by atoms with E-state index in [2.05, 4.69) is 16.8 Å². The van der Waals surface area contributed by atoms with Gasteiger partial charge in [0.2, 0.25) is 0 Å². The van der Waals surface area contributed by atoms with E-state index in [9.17, 15) is 9.18 Å². The fraction of sp³-hybridized carbons (Fsp3) is 0.333. The molecule has 134 valence electrons. The molecule has 2 aromatic rings. The van der Waals surface area contributed by atoms with Gasteiger partial charge in [-0.25, -0.2) is 9.38 Å². The lowest BCUT2D eigenvalue weighted by atomic mass is 10.0. The maximum atomic E-state index is 13.5. The molecule has 26 heavy (non-hydrogen) atoms. The molecule has 0 N–H and O–H groups in total. The SMILES string of the molecule is CC1CCCCN1CN1C(=O)C(=Nc2cccc(F)c2)c2ccccc21. The zero-order valence-corrected chi connectivity index (χ0v) is 14.9. The molecule has 0 saturated carbocycles. The van der Waals surface area contributed by atoms with Gasteiger partial charge in [0.15, 0.2) is 0 Å². The molecular weight excluding hydrogens is 329 g/mol. The number of aliphatic imine (C=N–C) groups is 1. The van der Waals surface area contributed by atoms with Crippen LogP contribution in [0.2, 0.25) is 0 Å². The van der Waals surface area contributed by atoms with Crippen LogP contribution in [-0.2, 0) is 4.79 Å². The van der Waals surface area contributed by atoms with Gasteiger partial charge in [0.1, 0.15) is 11.5 Å². The van der Waals surface area contributed by atoms with Crippen LogP contribution in [0, 0.1) is 5.82 Å². The molecule has 0 spiro atoms. The first-order chi connectivity index (χ1) is 12.6. The number of halogens is 1. The number of hydrogen-bond donors (Lipinski definition) is 0. The smallest absolute Gasteiger partial charge is 0.278 e. The van der Waals surface area contributed by atoms with Gasteiger partial charge in [-0.3, -0.25) is 14.6 Å². The van der Waals surface area contributed by atoms with Gasteiger partial charge >= 0.3 is 0 Å². The van der Waals surface area contributed by atoms with Gasteiger partial charge in [-0.05, 0) is 44.0 Å². The maximum absolute atomic E-state index is 13.5. The zero-order valence-electron chi connectivity index (χ0n) is 14.9. The molecule has 1 atom stereocenters. The van der Waals surface area contributed by atoms with Crippen LogP contribution >= 0.6 is 0 Å². The molecule has 0 bridgehead atoms. The molecule has 5 heteroatoms. The van der Waals surface area contributed by atoms with Crippen molar-refractivity contribution in [1.82, 2.24) is 4.90 Å². The van der Waals surface area contributed by atoms with Crippen molar-refractivity contribution in [1.29, 1.82) is 0 Å². The van der Waals surface area contributed by atoms with E-state index in [1.54, 1.807) is 17.0 Å². The molecule has 4 nitrogen and oxygen atoms in total. The normalized spacial score (nSPS) is 22.1. The highest BCUT2D eigenvalue weighted by atomic mass is 19.1. The van der Waals surface area contributed by atoms with E-state index >= 15 is 0 Å². The number of piperidine rings is 1. The number of hydrogen-bond acceptors (Lipinski definition) is 3. The molecule has 2 aliphatic rings.